The largest absolute Gasteiger partial charge is 0.465 e. The van der Waals surface area contributed by atoms with Crippen molar-refractivity contribution in [1.29, 1.82) is 0 Å². The van der Waals surface area contributed by atoms with Gasteiger partial charge in [-0.2, -0.15) is 0 Å². The lowest BCUT2D eigenvalue weighted by Crippen LogP contribution is -2.38. The van der Waals surface area contributed by atoms with Crippen LogP contribution in [-0.2, 0) is 11.3 Å². The molecule has 0 spiro atoms. The number of carboxylic acid groups (broad SMARTS) is 1. The van der Waals surface area contributed by atoms with E-state index in [1.54, 1.807) is 4.90 Å². The molecule has 4 nitrogen and oxygen atoms in total. The van der Waals surface area contributed by atoms with Crippen LogP contribution in [0.5, 0.6) is 0 Å². The van der Waals surface area contributed by atoms with Crippen molar-refractivity contribution in [1.82, 2.24) is 4.90 Å². The summed E-state index contributed by atoms with van der Waals surface area (Å²) in [5.41, 5.74) is 1.23. The van der Waals surface area contributed by atoms with Crippen molar-refractivity contribution in [2.45, 2.75) is 32.3 Å². The highest BCUT2D eigenvalue weighted by atomic mass is 16.5. The molecule has 0 aromatic heterocycles. The Morgan fingerprint density at radius 1 is 1.23 bits per heavy atom. The number of hydrogen-bond donors (Lipinski definition) is 1. The zero-order chi connectivity index (χ0) is 15.4. The Morgan fingerprint density at radius 3 is 2.64 bits per heavy atom. The molecule has 0 radical (unpaired) electrons. The molecule has 3 rings (SSSR count). The van der Waals surface area contributed by atoms with E-state index in [4.69, 9.17) is 9.84 Å². The van der Waals surface area contributed by atoms with Crippen LogP contribution in [0.2, 0.25) is 0 Å². The number of amides is 1. The van der Waals surface area contributed by atoms with Crippen LogP contribution in [0.1, 0.15) is 31.2 Å². The maximum atomic E-state index is 10.9. The first-order valence-electron chi connectivity index (χ1n) is 8.33. The Labute approximate surface area is 132 Å². The van der Waals surface area contributed by atoms with Gasteiger partial charge in [-0.05, 0) is 49.0 Å². The van der Waals surface area contributed by atoms with Gasteiger partial charge < -0.3 is 14.7 Å². The first-order chi connectivity index (χ1) is 10.7. The monoisotopic (exact) mass is 303 g/mol. The lowest BCUT2D eigenvalue weighted by molar-refractivity contribution is 0.108. The van der Waals surface area contributed by atoms with Gasteiger partial charge in [0.2, 0.25) is 0 Å². The Kier molecular flexibility index (Phi) is 4.98. The van der Waals surface area contributed by atoms with Crippen LogP contribution in [0.25, 0.3) is 0 Å². The smallest absolute Gasteiger partial charge is 0.407 e. The number of hydrogen-bond acceptors (Lipinski definition) is 2. The third kappa shape index (κ3) is 4.01. The van der Waals surface area contributed by atoms with Gasteiger partial charge in [-0.1, -0.05) is 30.3 Å². The SMILES string of the molecule is O=C(O)N1CCC([C@H]2C[C@H]2CCOCc2ccccc2)CC1. The lowest BCUT2D eigenvalue weighted by atomic mass is 9.91. The molecule has 1 saturated carbocycles. The van der Waals surface area contributed by atoms with Gasteiger partial charge >= 0.3 is 6.09 Å². The van der Waals surface area contributed by atoms with Gasteiger partial charge in [0.05, 0.1) is 6.61 Å². The molecule has 2 aliphatic rings. The highest BCUT2D eigenvalue weighted by Gasteiger charge is 2.43. The minimum atomic E-state index is -0.764. The van der Waals surface area contributed by atoms with Crippen LogP contribution in [0.15, 0.2) is 30.3 Å². The normalized spacial score (nSPS) is 25.2. The zero-order valence-corrected chi connectivity index (χ0v) is 13.0. The minimum absolute atomic E-state index is 0.704. The van der Waals surface area contributed by atoms with E-state index in [9.17, 15) is 4.79 Å². The third-order valence-corrected chi connectivity index (χ3v) is 5.14. The van der Waals surface area contributed by atoms with Crippen molar-refractivity contribution >= 4 is 6.09 Å². The van der Waals surface area contributed by atoms with E-state index in [-0.39, 0.29) is 0 Å². The van der Waals surface area contributed by atoms with Crippen LogP contribution in [-0.4, -0.2) is 35.8 Å². The van der Waals surface area contributed by atoms with Gasteiger partial charge in [-0.25, -0.2) is 4.79 Å². The van der Waals surface area contributed by atoms with E-state index in [0.717, 1.165) is 43.6 Å². The van der Waals surface area contributed by atoms with Gasteiger partial charge in [0.25, 0.3) is 0 Å². The van der Waals surface area contributed by atoms with Gasteiger partial charge in [0, 0.05) is 19.7 Å². The second kappa shape index (κ2) is 7.14. The van der Waals surface area contributed by atoms with Crippen molar-refractivity contribution in [3.63, 3.8) is 0 Å². The average molecular weight is 303 g/mol. The molecule has 1 aromatic carbocycles. The Morgan fingerprint density at radius 2 is 1.95 bits per heavy atom. The van der Waals surface area contributed by atoms with E-state index >= 15 is 0 Å². The number of benzene rings is 1. The number of piperidine rings is 1. The van der Waals surface area contributed by atoms with Gasteiger partial charge in [-0.15, -0.1) is 0 Å². The average Bonchev–Trinajstić information content (AvgIpc) is 3.32. The molecule has 1 N–H and O–H groups in total. The highest BCUT2D eigenvalue weighted by molar-refractivity contribution is 5.64. The molecule has 1 aliphatic heterocycles. The van der Waals surface area contributed by atoms with Gasteiger partial charge in [0.1, 0.15) is 0 Å². The fourth-order valence-electron chi connectivity index (χ4n) is 3.70. The summed E-state index contributed by atoms with van der Waals surface area (Å²) in [6.45, 7) is 2.97. The van der Waals surface area contributed by atoms with Crippen LogP contribution in [0.3, 0.4) is 0 Å². The third-order valence-electron chi connectivity index (χ3n) is 5.14. The Hall–Kier alpha value is -1.55. The summed E-state index contributed by atoms with van der Waals surface area (Å²) < 4.78 is 5.77. The first-order valence-corrected chi connectivity index (χ1v) is 8.33. The zero-order valence-electron chi connectivity index (χ0n) is 13.0. The van der Waals surface area contributed by atoms with Crippen LogP contribution in [0.4, 0.5) is 4.79 Å². The fourth-order valence-corrected chi connectivity index (χ4v) is 3.70. The minimum Gasteiger partial charge on any atom is -0.465 e. The molecule has 4 heteroatoms. The summed E-state index contributed by atoms with van der Waals surface area (Å²) in [6, 6.07) is 10.3. The first kappa shape index (κ1) is 15.3. The molecule has 1 aliphatic carbocycles. The number of rotatable bonds is 6. The van der Waals surface area contributed by atoms with Gasteiger partial charge in [-0.3, -0.25) is 0 Å². The maximum Gasteiger partial charge on any atom is 0.407 e. The lowest BCUT2D eigenvalue weighted by Gasteiger charge is -2.30. The van der Waals surface area contributed by atoms with Crippen molar-refractivity contribution in [3.05, 3.63) is 35.9 Å². The standard InChI is InChI=1S/C18H25NO3/c20-18(21)19-9-6-15(7-10-19)17-12-16(17)8-11-22-13-14-4-2-1-3-5-14/h1-5,15-17H,6-13H2,(H,20,21)/t16-,17-/m1/s1. The van der Waals surface area contributed by atoms with Crippen LogP contribution < -0.4 is 0 Å². The maximum absolute atomic E-state index is 10.9. The van der Waals surface area contributed by atoms with Crippen molar-refractivity contribution < 1.29 is 14.6 Å². The van der Waals surface area contributed by atoms with Crippen LogP contribution in [0, 0.1) is 17.8 Å². The summed E-state index contributed by atoms with van der Waals surface area (Å²) >= 11 is 0. The number of carbonyl (C=O) groups is 1. The van der Waals surface area contributed by atoms with E-state index in [1.807, 2.05) is 18.2 Å². The quantitative estimate of drug-likeness (QED) is 0.817. The summed E-state index contributed by atoms with van der Waals surface area (Å²) in [4.78, 5) is 12.5. The molecule has 120 valence electrons. The Bertz CT molecular complexity index is 482. The molecular formula is C18H25NO3. The van der Waals surface area contributed by atoms with E-state index in [2.05, 4.69) is 12.1 Å². The fraction of sp³-hybridized carbons (Fsp3) is 0.611. The Balaban J connectivity index is 1.30. The predicted molar refractivity (Wildman–Crippen MR) is 84.6 cm³/mol. The molecule has 22 heavy (non-hydrogen) atoms. The summed E-state index contributed by atoms with van der Waals surface area (Å²) in [7, 11) is 0. The molecule has 1 aromatic rings. The van der Waals surface area contributed by atoms with Gasteiger partial charge in [0.15, 0.2) is 0 Å². The molecule has 2 fully saturated rings. The van der Waals surface area contributed by atoms with E-state index in [1.165, 1.54) is 12.0 Å². The second-order valence-corrected chi connectivity index (χ2v) is 6.59. The van der Waals surface area contributed by atoms with Crippen molar-refractivity contribution in [3.8, 4) is 0 Å². The number of ether oxygens (including phenoxy) is 1. The highest BCUT2D eigenvalue weighted by Crippen LogP contribution is 2.49. The second-order valence-electron chi connectivity index (χ2n) is 6.59. The molecule has 0 bridgehead atoms. The van der Waals surface area contributed by atoms with E-state index < -0.39 is 6.09 Å². The predicted octanol–water partition coefficient (Wildman–Crippen LogP) is 3.62. The molecular weight excluding hydrogens is 278 g/mol. The van der Waals surface area contributed by atoms with Crippen molar-refractivity contribution in [2.24, 2.45) is 17.8 Å². The van der Waals surface area contributed by atoms with E-state index in [0.29, 0.717) is 19.7 Å². The van der Waals surface area contributed by atoms with Crippen LogP contribution >= 0.6 is 0 Å². The summed E-state index contributed by atoms with van der Waals surface area (Å²) in [5.74, 6) is 2.35. The molecule has 0 unspecified atom stereocenters. The molecule has 2 atom stereocenters. The van der Waals surface area contributed by atoms with Crippen molar-refractivity contribution in [2.75, 3.05) is 19.7 Å². The molecule has 1 heterocycles. The molecule has 1 amide bonds. The summed E-state index contributed by atoms with van der Waals surface area (Å²) in [6.07, 6.45) is 3.78. The number of nitrogens with zero attached hydrogens (tertiary/aromatic N) is 1. The topological polar surface area (TPSA) is 49.8 Å². The number of likely N-dealkylation sites (tertiary alicyclic amines) is 1. The molecule has 1 saturated heterocycles. The summed E-state index contributed by atoms with van der Waals surface area (Å²) in [5, 5.41) is 8.98.